The Balaban J connectivity index is 1.76. The molecule has 33 heavy (non-hydrogen) atoms. The molecular formula is C25H25F3N2O2S. The zero-order valence-electron chi connectivity index (χ0n) is 18.8. The van der Waals surface area contributed by atoms with Gasteiger partial charge in [-0.3, -0.25) is 9.59 Å². The monoisotopic (exact) mass is 474 g/mol. The number of thiophene rings is 1. The average molecular weight is 475 g/mol. The Morgan fingerprint density at radius 2 is 1.91 bits per heavy atom. The lowest BCUT2D eigenvalue weighted by Gasteiger charge is -2.39. The van der Waals surface area contributed by atoms with Crippen molar-refractivity contribution < 1.29 is 22.8 Å². The number of hydrogen-bond donors (Lipinski definition) is 2. The third-order valence-electron chi connectivity index (χ3n) is 6.10. The molecule has 0 saturated heterocycles. The van der Waals surface area contributed by atoms with E-state index in [4.69, 9.17) is 0 Å². The molecule has 0 saturated carbocycles. The van der Waals surface area contributed by atoms with E-state index in [0.29, 0.717) is 29.7 Å². The molecule has 0 bridgehead atoms. The van der Waals surface area contributed by atoms with Gasteiger partial charge in [-0.05, 0) is 60.9 Å². The first-order chi connectivity index (χ1) is 15.4. The van der Waals surface area contributed by atoms with E-state index in [-0.39, 0.29) is 16.9 Å². The molecule has 1 amide bonds. The van der Waals surface area contributed by atoms with E-state index in [1.54, 1.807) is 6.92 Å². The molecule has 2 aliphatic rings. The van der Waals surface area contributed by atoms with E-state index >= 15 is 0 Å². The zero-order chi connectivity index (χ0) is 24.1. The minimum absolute atomic E-state index is 0.0107. The molecule has 2 N–H and O–H groups in total. The van der Waals surface area contributed by atoms with Gasteiger partial charge in [0.15, 0.2) is 5.78 Å². The van der Waals surface area contributed by atoms with Crippen LogP contribution in [0.1, 0.15) is 55.5 Å². The predicted octanol–water partition coefficient (Wildman–Crippen LogP) is 6.32. The number of aryl methyl sites for hydroxylation is 1. The van der Waals surface area contributed by atoms with Crippen LogP contribution in [-0.4, -0.2) is 11.7 Å². The van der Waals surface area contributed by atoms with Gasteiger partial charge in [0.25, 0.3) is 5.91 Å². The lowest BCUT2D eigenvalue weighted by Crippen LogP contribution is -2.39. The van der Waals surface area contributed by atoms with Gasteiger partial charge in [0, 0.05) is 39.5 Å². The molecule has 2 aromatic rings. The second-order valence-electron chi connectivity index (χ2n) is 9.43. The topological polar surface area (TPSA) is 58.2 Å². The van der Waals surface area contributed by atoms with Gasteiger partial charge in [0.1, 0.15) is 0 Å². The smallest absolute Gasteiger partial charge is 0.362 e. The summed E-state index contributed by atoms with van der Waals surface area (Å²) in [5.74, 6) is -1.10. The fraction of sp³-hybridized carbons (Fsp3) is 0.360. The van der Waals surface area contributed by atoms with Gasteiger partial charge >= 0.3 is 6.18 Å². The van der Waals surface area contributed by atoms with Gasteiger partial charge in [0.05, 0.1) is 11.5 Å². The molecule has 174 valence electrons. The first-order valence-corrected chi connectivity index (χ1v) is 11.5. The summed E-state index contributed by atoms with van der Waals surface area (Å²) in [6.45, 7) is 7.78. The molecule has 1 aliphatic heterocycles. The highest BCUT2D eigenvalue weighted by Gasteiger charge is 2.43. The molecule has 1 aromatic carbocycles. The van der Waals surface area contributed by atoms with Crippen LogP contribution in [0.2, 0.25) is 0 Å². The van der Waals surface area contributed by atoms with Gasteiger partial charge in [0.2, 0.25) is 0 Å². The van der Waals surface area contributed by atoms with Crippen molar-refractivity contribution in [1.29, 1.82) is 0 Å². The lowest BCUT2D eigenvalue weighted by molar-refractivity contribution is -0.137. The maximum absolute atomic E-state index is 13.4. The van der Waals surface area contributed by atoms with Crippen LogP contribution in [0, 0.1) is 12.3 Å². The summed E-state index contributed by atoms with van der Waals surface area (Å²) in [5, 5.41) is 7.82. The Hall–Kier alpha value is -2.87. The molecule has 1 aliphatic carbocycles. The van der Waals surface area contributed by atoms with Crippen LogP contribution < -0.4 is 10.6 Å². The van der Waals surface area contributed by atoms with Crippen LogP contribution in [0.15, 0.2) is 58.3 Å². The highest BCUT2D eigenvalue weighted by atomic mass is 32.1. The quantitative estimate of drug-likeness (QED) is 0.548. The summed E-state index contributed by atoms with van der Waals surface area (Å²) in [5.41, 5.74) is 2.33. The number of Topliss-reactive ketones (excluding diaryl/α,β-unsaturated/α-hetero) is 1. The summed E-state index contributed by atoms with van der Waals surface area (Å²) in [7, 11) is 0. The molecule has 4 rings (SSSR count). The van der Waals surface area contributed by atoms with E-state index < -0.39 is 23.6 Å². The molecule has 1 aromatic heterocycles. The van der Waals surface area contributed by atoms with Crippen molar-refractivity contribution in [2.24, 2.45) is 5.41 Å². The van der Waals surface area contributed by atoms with Crippen molar-refractivity contribution >= 4 is 28.7 Å². The second-order valence-corrected chi connectivity index (χ2v) is 10.4. The Bertz CT molecular complexity index is 1200. The van der Waals surface area contributed by atoms with E-state index in [2.05, 4.69) is 10.6 Å². The lowest BCUT2D eigenvalue weighted by atomic mass is 9.69. The summed E-state index contributed by atoms with van der Waals surface area (Å²) < 4.78 is 39.4. The van der Waals surface area contributed by atoms with Crippen LogP contribution in [-0.2, 0) is 15.8 Å². The number of nitrogens with one attached hydrogen (secondary N) is 2. The number of alkyl halides is 3. The molecule has 2 heterocycles. The molecule has 8 heteroatoms. The van der Waals surface area contributed by atoms with Crippen molar-refractivity contribution in [2.45, 2.75) is 52.6 Å². The zero-order valence-corrected chi connectivity index (χ0v) is 19.6. The number of halogens is 3. The minimum Gasteiger partial charge on any atom is -0.362 e. The molecule has 1 atom stereocenters. The van der Waals surface area contributed by atoms with Crippen molar-refractivity contribution in [3.05, 3.63) is 74.3 Å². The van der Waals surface area contributed by atoms with Gasteiger partial charge in [-0.2, -0.15) is 13.2 Å². The van der Waals surface area contributed by atoms with Crippen LogP contribution in [0.3, 0.4) is 0 Å². The Morgan fingerprint density at radius 1 is 1.18 bits per heavy atom. The van der Waals surface area contributed by atoms with Gasteiger partial charge in [-0.15, -0.1) is 11.3 Å². The third kappa shape index (κ3) is 4.49. The summed E-state index contributed by atoms with van der Waals surface area (Å²) in [6.07, 6.45) is -3.47. The average Bonchev–Trinajstić information content (AvgIpc) is 3.10. The van der Waals surface area contributed by atoms with Crippen LogP contribution in [0.5, 0.6) is 0 Å². The van der Waals surface area contributed by atoms with Gasteiger partial charge in [-0.1, -0.05) is 19.9 Å². The molecule has 0 fully saturated rings. The van der Waals surface area contributed by atoms with E-state index in [9.17, 15) is 22.8 Å². The number of rotatable bonds is 3. The molecular weight excluding hydrogens is 449 g/mol. The van der Waals surface area contributed by atoms with E-state index in [1.807, 2.05) is 32.2 Å². The molecule has 0 unspecified atom stereocenters. The second kappa shape index (κ2) is 8.17. The number of dihydropyridines is 1. The SMILES string of the molecule is CC1=C(C(=O)Nc2cccc(C(F)(F)F)c2)[C@@H](c2sccc2C)C2=C(CC(C)(C)CC2=O)N1. The van der Waals surface area contributed by atoms with Gasteiger partial charge < -0.3 is 10.6 Å². The number of carbonyl (C=O) groups is 2. The highest BCUT2D eigenvalue weighted by Crippen LogP contribution is 2.48. The first kappa shape index (κ1) is 23.3. The summed E-state index contributed by atoms with van der Waals surface area (Å²) in [4.78, 5) is 27.6. The van der Waals surface area contributed by atoms with Crippen LogP contribution in [0.25, 0.3) is 0 Å². The largest absolute Gasteiger partial charge is 0.416 e. The Morgan fingerprint density at radius 3 is 2.55 bits per heavy atom. The Labute approximate surface area is 194 Å². The maximum Gasteiger partial charge on any atom is 0.416 e. The number of carbonyl (C=O) groups excluding carboxylic acids is 2. The third-order valence-corrected chi connectivity index (χ3v) is 7.18. The minimum atomic E-state index is -4.51. The number of ketones is 1. The van der Waals surface area contributed by atoms with Crippen molar-refractivity contribution in [3.8, 4) is 0 Å². The van der Waals surface area contributed by atoms with E-state index in [1.165, 1.54) is 23.5 Å². The summed E-state index contributed by atoms with van der Waals surface area (Å²) >= 11 is 1.47. The Kier molecular flexibility index (Phi) is 5.76. The fourth-order valence-corrected chi connectivity index (χ4v) is 5.70. The predicted molar refractivity (Wildman–Crippen MR) is 123 cm³/mol. The number of hydrogen-bond acceptors (Lipinski definition) is 4. The molecule has 0 radical (unpaired) electrons. The highest BCUT2D eigenvalue weighted by molar-refractivity contribution is 7.10. The van der Waals surface area contributed by atoms with Crippen LogP contribution in [0.4, 0.5) is 18.9 Å². The number of anilines is 1. The fourth-order valence-electron chi connectivity index (χ4n) is 4.65. The summed E-state index contributed by atoms with van der Waals surface area (Å²) in [6, 6.07) is 6.49. The normalized spacial score (nSPS) is 20.5. The maximum atomic E-state index is 13.4. The van der Waals surface area contributed by atoms with Crippen LogP contribution >= 0.6 is 11.3 Å². The van der Waals surface area contributed by atoms with Crippen molar-refractivity contribution in [1.82, 2.24) is 5.32 Å². The number of benzene rings is 1. The first-order valence-electron chi connectivity index (χ1n) is 10.6. The van der Waals surface area contributed by atoms with Crippen molar-refractivity contribution in [3.63, 3.8) is 0 Å². The van der Waals surface area contributed by atoms with E-state index in [0.717, 1.165) is 28.3 Å². The molecule has 0 spiro atoms. The molecule has 4 nitrogen and oxygen atoms in total. The van der Waals surface area contributed by atoms with Gasteiger partial charge in [-0.25, -0.2) is 0 Å². The standard InChI is InChI=1S/C25H25F3N2O2S/c1-13-8-9-33-22(13)21-19(14(2)29-17-11-24(3,4)12-18(31)20(17)21)23(32)30-16-7-5-6-15(10-16)25(26,27)28/h5-10,21,29H,11-12H2,1-4H3,(H,30,32)/t21-/m1/s1. The number of allylic oxidation sites excluding steroid dienone is 3. The van der Waals surface area contributed by atoms with Crippen molar-refractivity contribution in [2.75, 3.05) is 5.32 Å². The number of amides is 1.